The van der Waals surface area contributed by atoms with Gasteiger partial charge in [0.1, 0.15) is 6.10 Å². The Morgan fingerprint density at radius 2 is 1.78 bits per heavy atom. The van der Waals surface area contributed by atoms with E-state index in [1.165, 1.54) is 51.9 Å². The van der Waals surface area contributed by atoms with Gasteiger partial charge in [-0.05, 0) is 86.4 Å². The summed E-state index contributed by atoms with van der Waals surface area (Å²) in [6, 6.07) is 0. The van der Waals surface area contributed by atoms with Gasteiger partial charge in [0.15, 0.2) is 5.79 Å². The van der Waals surface area contributed by atoms with Gasteiger partial charge < -0.3 is 14.6 Å². The SMILES string of the molecule is CC(=O)O[C@H]1CC[C@]2(C)O[C@](O)(C1)C[C@H]1[C@@H]3CC[C@H]([C@H](C)CCCC(C)C)[C@@]3(C)CC[C@@H]12. The Labute approximate surface area is 196 Å². The molecule has 0 aromatic carbocycles. The van der Waals surface area contributed by atoms with Crippen molar-refractivity contribution in [2.24, 2.45) is 40.9 Å². The maximum Gasteiger partial charge on any atom is 0.302 e. The standard InChI is InChI=1S/C28H48O4/c1-18(2)8-7-9-19(3)23-10-11-24-22-17-28(30)16-21(31-20(4)29)12-15-27(6,32-28)25(22)13-14-26(23,24)5/h18-19,21-25,30H,7-17H2,1-6H3/t19-,21+,22+,23-,24+,25+,26-,27+,28-/m1/s1. The molecular weight excluding hydrogens is 400 g/mol. The second-order valence-corrected chi connectivity index (χ2v) is 12.9. The molecule has 1 N–H and O–H groups in total. The molecule has 184 valence electrons. The third kappa shape index (κ3) is 4.52. The summed E-state index contributed by atoms with van der Waals surface area (Å²) >= 11 is 0. The van der Waals surface area contributed by atoms with Crippen LogP contribution in [-0.4, -0.2) is 28.6 Å². The van der Waals surface area contributed by atoms with E-state index in [0.717, 1.165) is 30.6 Å². The van der Waals surface area contributed by atoms with Gasteiger partial charge in [0.25, 0.3) is 0 Å². The van der Waals surface area contributed by atoms with Crippen LogP contribution >= 0.6 is 0 Å². The number of hydrogen-bond donors (Lipinski definition) is 1. The van der Waals surface area contributed by atoms with Crippen molar-refractivity contribution >= 4 is 5.97 Å². The van der Waals surface area contributed by atoms with Gasteiger partial charge in [0.05, 0.1) is 5.60 Å². The minimum atomic E-state index is -1.16. The van der Waals surface area contributed by atoms with Crippen LogP contribution in [0.5, 0.6) is 0 Å². The summed E-state index contributed by atoms with van der Waals surface area (Å²) in [6.07, 6.45) is 11.8. The van der Waals surface area contributed by atoms with Crippen molar-refractivity contribution in [3.63, 3.8) is 0 Å². The molecule has 0 aromatic heterocycles. The van der Waals surface area contributed by atoms with Crippen LogP contribution in [0.15, 0.2) is 0 Å². The van der Waals surface area contributed by atoms with E-state index in [-0.39, 0.29) is 17.7 Å². The fourth-order valence-electron chi connectivity index (χ4n) is 8.88. The number of fused-ring (bicyclic) bond motifs is 6. The zero-order valence-electron chi connectivity index (χ0n) is 21.5. The second-order valence-electron chi connectivity index (χ2n) is 12.9. The fourth-order valence-corrected chi connectivity index (χ4v) is 8.88. The summed E-state index contributed by atoms with van der Waals surface area (Å²) < 4.78 is 12.1. The quantitative estimate of drug-likeness (QED) is 0.472. The Kier molecular flexibility index (Phi) is 6.80. The maximum atomic E-state index is 11.6. The van der Waals surface area contributed by atoms with E-state index in [2.05, 4.69) is 34.6 Å². The highest BCUT2D eigenvalue weighted by molar-refractivity contribution is 5.66. The van der Waals surface area contributed by atoms with Gasteiger partial charge in [-0.1, -0.05) is 47.0 Å². The Morgan fingerprint density at radius 3 is 2.47 bits per heavy atom. The molecule has 4 nitrogen and oxygen atoms in total. The van der Waals surface area contributed by atoms with Crippen molar-refractivity contribution in [3.8, 4) is 0 Å². The number of carbonyl (C=O) groups excluding carboxylic acids is 1. The number of carbonyl (C=O) groups is 1. The van der Waals surface area contributed by atoms with E-state index in [9.17, 15) is 9.90 Å². The zero-order chi connectivity index (χ0) is 23.3. The highest BCUT2D eigenvalue weighted by Crippen LogP contribution is 2.66. The zero-order valence-corrected chi connectivity index (χ0v) is 21.5. The number of ether oxygens (including phenoxy) is 2. The molecule has 4 heteroatoms. The summed E-state index contributed by atoms with van der Waals surface area (Å²) in [6.45, 7) is 13.5. The second kappa shape index (κ2) is 8.87. The molecule has 2 aliphatic heterocycles. The molecule has 4 aliphatic rings. The molecule has 2 saturated carbocycles. The first-order valence-electron chi connectivity index (χ1n) is 13.6. The van der Waals surface area contributed by atoms with Crippen LogP contribution in [0.25, 0.3) is 0 Å². The van der Waals surface area contributed by atoms with Gasteiger partial charge in [0, 0.05) is 19.8 Å². The first-order valence-corrected chi connectivity index (χ1v) is 13.6. The van der Waals surface area contributed by atoms with E-state index >= 15 is 0 Å². The van der Waals surface area contributed by atoms with Gasteiger partial charge in [-0.25, -0.2) is 0 Å². The number of aliphatic hydroxyl groups is 1. The normalized spacial score (nSPS) is 46.8. The van der Waals surface area contributed by atoms with Crippen molar-refractivity contribution in [3.05, 3.63) is 0 Å². The van der Waals surface area contributed by atoms with E-state index in [1.54, 1.807) is 0 Å². The van der Waals surface area contributed by atoms with Crippen LogP contribution in [0.1, 0.15) is 112 Å². The lowest BCUT2D eigenvalue weighted by molar-refractivity contribution is -0.330. The van der Waals surface area contributed by atoms with Gasteiger partial charge >= 0.3 is 5.97 Å². The molecule has 0 amide bonds. The topological polar surface area (TPSA) is 55.8 Å². The number of esters is 1. The van der Waals surface area contributed by atoms with E-state index < -0.39 is 5.79 Å². The van der Waals surface area contributed by atoms with Crippen molar-refractivity contribution < 1.29 is 19.4 Å². The first kappa shape index (κ1) is 24.5. The lowest BCUT2D eigenvalue weighted by Gasteiger charge is -2.59. The molecule has 0 aromatic rings. The van der Waals surface area contributed by atoms with E-state index in [4.69, 9.17) is 9.47 Å². The van der Waals surface area contributed by atoms with E-state index in [1.807, 2.05) is 0 Å². The molecule has 2 heterocycles. The van der Waals surface area contributed by atoms with Crippen molar-refractivity contribution in [2.75, 3.05) is 0 Å². The van der Waals surface area contributed by atoms with Gasteiger partial charge in [-0.3, -0.25) is 4.79 Å². The Morgan fingerprint density at radius 1 is 1.03 bits per heavy atom. The van der Waals surface area contributed by atoms with Crippen molar-refractivity contribution in [2.45, 2.75) is 130 Å². The lowest BCUT2D eigenvalue weighted by atomic mass is 9.52. The van der Waals surface area contributed by atoms with Crippen LogP contribution in [0.3, 0.4) is 0 Å². The maximum absolute atomic E-state index is 11.6. The monoisotopic (exact) mass is 448 g/mol. The minimum Gasteiger partial charge on any atom is -0.462 e. The largest absolute Gasteiger partial charge is 0.462 e. The predicted octanol–water partition coefficient (Wildman–Crippen LogP) is 6.49. The van der Waals surface area contributed by atoms with Crippen LogP contribution in [0.2, 0.25) is 0 Å². The van der Waals surface area contributed by atoms with Crippen LogP contribution < -0.4 is 0 Å². The Bertz CT molecular complexity index is 691. The minimum absolute atomic E-state index is 0.233. The molecule has 4 fully saturated rings. The van der Waals surface area contributed by atoms with Gasteiger partial charge in [-0.15, -0.1) is 0 Å². The molecule has 2 saturated heterocycles. The molecular formula is C28H48O4. The predicted molar refractivity (Wildman–Crippen MR) is 127 cm³/mol. The van der Waals surface area contributed by atoms with Crippen molar-refractivity contribution in [1.82, 2.24) is 0 Å². The fraction of sp³-hybridized carbons (Fsp3) is 0.964. The highest BCUT2D eigenvalue weighted by Gasteiger charge is 2.63. The lowest BCUT2D eigenvalue weighted by Crippen LogP contribution is -2.60. The van der Waals surface area contributed by atoms with Crippen LogP contribution in [-0.2, 0) is 14.3 Å². The molecule has 0 spiro atoms. The smallest absolute Gasteiger partial charge is 0.302 e. The van der Waals surface area contributed by atoms with Gasteiger partial charge in [0.2, 0.25) is 0 Å². The molecule has 0 unspecified atom stereocenters. The highest BCUT2D eigenvalue weighted by atomic mass is 16.6. The Hall–Kier alpha value is -0.610. The third-order valence-electron chi connectivity index (χ3n) is 10.2. The Balaban J connectivity index is 1.52. The summed E-state index contributed by atoms with van der Waals surface area (Å²) in [4.78, 5) is 11.6. The first-order chi connectivity index (χ1) is 15.0. The molecule has 2 bridgehead atoms. The molecule has 0 radical (unpaired) electrons. The molecule has 4 rings (SSSR count). The van der Waals surface area contributed by atoms with Gasteiger partial charge in [-0.2, -0.15) is 0 Å². The molecule has 32 heavy (non-hydrogen) atoms. The van der Waals surface area contributed by atoms with Crippen LogP contribution in [0.4, 0.5) is 0 Å². The number of hydrogen-bond acceptors (Lipinski definition) is 4. The third-order valence-corrected chi connectivity index (χ3v) is 10.2. The summed E-state index contributed by atoms with van der Waals surface area (Å²) in [5.74, 6) is 2.68. The molecule has 2 aliphatic carbocycles. The average Bonchev–Trinajstić information content (AvgIpc) is 2.98. The van der Waals surface area contributed by atoms with E-state index in [0.29, 0.717) is 36.0 Å². The number of rotatable bonds is 6. The summed E-state index contributed by atoms with van der Waals surface area (Å²) in [7, 11) is 0. The summed E-state index contributed by atoms with van der Waals surface area (Å²) in [5, 5.41) is 11.6. The van der Waals surface area contributed by atoms with Crippen molar-refractivity contribution in [1.29, 1.82) is 0 Å². The molecule has 9 atom stereocenters. The average molecular weight is 449 g/mol. The van der Waals surface area contributed by atoms with Crippen LogP contribution in [0, 0.1) is 40.9 Å². The summed E-state index contributed by atoms with van der Waals surface area (Å²) in [5.41, 5.74) is 0.0791.